The van der Waals surface area contributed by atoms with Crippen LogP contribution < -0.4 is 9.64 Å². The molecule has 0 radical (unpaired) electrons. The van der Waals surface area contributed by atoms with E-state index in [1.54, 1.807) is 25.1 Å². The van der Waals surface area contributed by atoms with Crippen LogP contribution in [0.1, 0.15) is 22.8 Å². The molecule has 2 aromatic rings. The van der Waals surface area contributed by atoms with Crippen LogP contribution in [0.5, 0.6) is 11.5 Å². The lowest BCUT2D eigenvalue weighted by atomic mass is 10.2. The van der Waals surface area contributed by atoms with Gasteiger partial charge in [0, 0.05) is 12.7 Å². The van der Waals surface area contributed by atoms with Gasteiger partial charge in [0.1, 0.15) is 5.75 Å². The Balaban J connectivity index is 2.20. The standard InChI is InChI=1S/C15H11F3N2O2/c1-2-20-13-12(7-9(8-19-13)15(16,17)18)22-11-6-4-3-5-10(11)14(20)21/h3-8H,2H2,1H3. The predicted molar refractivity (Wildman–Crippen MR) is 73.1 cm³/mol. The maximum atomic E-state index is 12.8. The molecule has 0 saturated heterocycles. The Hall–Kier alpha value is -2.57. The molecular weight excluding hydrogens is 297 g/mol. The van der Waals surface area contributed by atoms with E-state index in [-0.39, 0.29) is 35.3 Å². The van der Waals surface area contributed by atoms with Gasteiger partial charge in [-0.2, -0.15) is 13.2 Å². The van der Waals surface area contributed by atoms with Crippen molar-refractivity contribution in [2.75, 3.05) is 11.4 Å². The molecule has 0 unspecified atom stereocenters. The Labute approximate surface area is 124 Å². The van der Waals surface area contributed by atoms with Crippen molar-refractivity contribution >= 4 is 11.7 Å². The highest BCUT2D eigenvalue weighted by molar-refractivity contribution is 6.09. The van der Waals surface area contributed by atoms with Crippen LogP contribution >= 0.6 is 0 Å². The lowest BCUT2D eigenvalue weighted by Crippen LogP contribution is -2.30. The topological polar surface area (TPSA) is 42.4 Å². The first-order valence-electron chi connectivity index (χ1n) is 6.58. The van der Waals surface area contributed by atoms with E-state index in [0.29, 0.717) is 6.20 Å². The van der Waals surface area contributed by atoms with Gasteiger partial charge in [-0.25, -0.2) is 4.98 Å². The number of carbonyl (C=O) groups excluding carboxylic acids is 1. The SMILES string of the molecule is CCN1C(=O)c2ccccc2Oc2cc(C(F)(F)F)cnc21. The molecule has 1 aromatic heterocycles. The second-order valence-electron chi connectivity index (χ2n) is 4.69. The first-order chi connectivity index (χ1) is 10.4. The van der Waals surface area contributed by atoms with Gasteiger partial charge in [0.2, 0.25) is 0 Å². The van der Waals surface area contributed by atoms with Crippen LogP contribution in [-0.4, -0.2) is 17.4 Å². The van der Waals surface area contributed by atoms with E-state index >= 15 is 0 Å². The number of hydrogen-bond donors (Lipinski definition) is 0. The van der Waals surface area contributed by atoms with Gasteiger partial charge in [-0.1, -0.05) is 12.1 Å². The maximum absolute atomic E-state index is 12.8. The van der Waals surface area contributed by atoms with Crippen LogP contribution in [-0.2, 0) is 6.18 Å². The van der Waals surface area contributed by atoms with Crippen LogP contribution in [0, 0.1) is 0 Å². The quantitative estimate of drug-likeness (QED) is 0.803. The summed E-state index contributed by atoms with van der Waals surface area (Å²) in [6.45, 7) is 1.98. The number of alkyl halides is 3. The summed E-state index contributed by atoms with van der Waals surface area (Å²) in [5, 5.41) is 0. The van der Waals surface area contributed by atoms with Crippen LogP contribution in [0.25, 0.3) is 0 Å². The first-order valence-corrected chi connectivity index (χ1v) is 6.58. The molecule has 0 aliphatic carbocycles. The maximum Gasteiger partial charge on any atom is 0.418 e. The van der Waals surface area contributed by atoms with Gasteiger partial charge in [-0.05, 0) is 25.1 Å². The molecule has 1 aliphatic rings. The van der Waals surface area contributed by atoms with Crippen LogP contribution in [0.2, 0.25) is 0 Å². The van der Waals surface area contributed by atoms with Crippen molar-refractivity contribution in [3.8, 4) is 11.5 Å². The molecule has 3 rings (SSSR count). The smallest absolute Gasteiger partial charge is 0.418 e. The molecule has 114 valence electrons. The summed E-state index contributed by atoms with van der Waals surface area (Å²) in [5.41, 5.74) is -0.634. The van der Waals surface area contributed by atoms with Crippen LogP contribution in [0.4, 0.5) is 19.0 Å². The number of fused-ring (bicyclic) bond motifs is 2. The molecule has 0 N–H and O–H groups in total. The number of carbonyl (C=O) groups is 1. The number of ether oxygens (including phenoxy) is 1. The first kappa shape index (κ1) is 14.4. The number of anilines is 1. The van der Waals surface area contributed by atoms with Gasteiger partial charge in [0.25, 0.3) is 5.91 Å². The number of rotatable bonds is 1. The van der Waals surface area contributed by atoms with Crippen molar-refractivity contribution in [2.24, 2.45) is 0 Å². The Morgan fingerprint density at radius 2 is 1.95 bits per heavy atom. The van der Waals surface area contributed by atoms with Gasteiger partial charge in [-0.3, -0.25) is 9.69 Å². The third-order valence-corrected chi connectivity index (χ3v) is 3.31. The van der Waals surface area contributed by atoms with E-state index in [0.717, 1.165) is 6.07 Å². The number of hydrogen-bond acceptors (Lipinski definition) is 3. The molecule has 0 bridgehead atoms. The molecule has 1 amide bonds. The minimum Gasteiger partial charge on any atom is -0.453 e. The third-order valence-electron chi connectivity index (χ3n) is 3.31. The number of aromatic nitrogens is 1. The second-order valence-corrected chi connectivity index (χ2v) is 4.69. The van der Waals surface area contributed by atoms with Crippen LogP contribution in [0.3, 0.4) is 0 Å². The molecule has 7 heteroatoms. The number of nitrogens with zero attached hydrogens (tertiary/aromatic N) is 2. The number of pyridine rings is 1. The fourth-order valence-electron chi connectivity index (χ4n) is 2.26. The van der Waals surface area contributed by atoms with Crippen molar-refractivity contribution in [3.63, 3.8) is 0 Å². The molecule has 0 atom stereocenters. The van der Waals surface area contributed by atoms with E-state index in [1.165, 1.54) is 11.0 Å². The largest absolute Gasteiger partial charge is 0.453 e. The zero-order valence-electron chi connectivity index (χ0n) is 11.5. The molecule has 0 fully saturated rings. The zero-order valence-corrected chi connectivity index (χ0v) is 11.5. The molecule has 0 saturated carbocycles. The van der Waals surface area contributed by atoms with Crippen molar-refractivity contribution < 1.29 is 22.7 Å². The summed E-state index contributed by atoms with van der Waals surface area (Å²) in [5.74, 6) is -0.151. The summed E-state index contributed by atoms with van der Waals surface area (Å²) in [6, 6.07) is 7.28. The van der Waals surface area contributed by atoms with Crippen molar-refractivity contribution in [2.45, 2.75) is 13.1 Å². The Kier molecular flexibility index (Phi) is 3.27. The Morgan fingerprint density at radius 3 is 2.64 bits per heavy atom. The van der Waals surface area contributed by atoms with Gasteiger partial charge in [0.05, 0.1) is 11.1 Å². The highest BCUT2D eigenvalue weighted by Crippen LogP contribution is 2.40. The van der Waals surface area contributed by atoms with E-state index in [1.807, 2.05) is 0 Å². The monoisotopic (exact) mass is 308 g/mol. The molecule has 0 spiro atoms. The highest BCUT2D eigenvalue weighted by Gasteiger charge is 2.35. The van der Waals surface area contributed by atoms with Gasteiger partial charge >= 0.3 is 6.18 Å². The molecule has 1 aromatic carbocycles. The van der Waals surface area contributed by atoms with E-state index in [4.69, 9.17) is 4.74 Å². The fourth-order valence-corrected chi connectivity index (χ4v) is 2.26. The van der Waals surface area contributed by atoms with E-state index < -0.39 is 11.7 Å². The number of amides is 1. The summed E-state index contributed by atoms with van der Waals surface area (Å²) in [6.07, 6.45) is -3.83. The molecule has 22 heavy (non-hydrogen) atoms. The van der Waals surface area contributed by atoms with Gasteiger partial charge in [-0.15, -0.1) is 0 Å². The van der Waals surface area contributed by atoms with Gasteiger partial charge in [0.15, 0.2) is 11.6 Å². The average molecular weight is 308 g/mol. The van der Waals surface area contributed by atoms with Crippen molar-refractivity contribution in [1.82, 2.24) is 4.98 Å². The minimum absolute atomic E-state index is 0.0803. The summed E-state index contributed by atoms with van der Waals surface area (Å²) >= 11 is 0. The van der Waals surface area contributed by atoms with Crippen molar-refractivity contribution in [3.05, 3.63) is 47.7 Å². The minimum atomic E-state index is -4.53. The molecule has 2 heterocycles. The summed E-state index contributed by atoms with van der Waals surface area (Å²) in [7, 11) is 0. The summed E-state index contributed by atoms with van der Waals surface area (Å²) < 4.78 is 44.0. The van der Waals surface area contributed by atoms with E-state index in [9.17, 15) is 18.0 Å². The lowest BCUT2D eigenvalue weighted by Gasteiger charge is -2.19. The fraction of sp³-hybridized carbons (Fsp3) is 0.200. The average Bonchev–Trinajstić information content (AvgIpc) is 2.59. The molecule has 1 aliphatic heterocycles. The second kappa shape index (κ2) is 5.01. The predicted octanol–water partition coefficient (Wildman–Crippen LogP) is 3.87. The number of para-hydroxylation sites is 1. The van der Waals surface area contributed by atoms with E-state index in [2.05, 4.69) is 4.98 Å². The number of halogens is 3. The molecular formula is C15H11F3N2O2. The highest BCUT2D eigenvalue weighted by atomic mass is 19.4. The van der Waals surface area contributed by atoms with Crippen molar-refractivity contribution in [1.29, 1.82) is 0 Å². The lowest BCUT2D eigenvalue weighted by molar-refractivity contribution is -0.137. The zero-order chi connectivity index (χ0) is 15.9. The Morgan fingerprint density at radius 1 is 1.23 bits per heavy atom. The third kappa shape index (κ3) is 2.28. The van der Waals surface area contributed by atoms with Crippen LogP contribution in [0.15, 0.2) is 36.5 Å². The van der Waals surface area contributed by atoms with Gasteiger partial charge < -0.3 is 4.74 Å². The normalized spacial score (nSPS) is 14.0. The molecule has 4 nitrogen and oxygen atoms in total. The Bertz CT molecular complexity index is 744. The number of benzene rings is 1. The summed E-state index contributed by atoms with van der Waals surface area (Å²) in [4.78, 5) is 17.6.